The number of allylic oxidation sites excluding steroid dienone is 2. The molecule has 215 valence electrons. The van der Waals surface area contributed by atoms with Crippen LogP contribution in [0.1, 0.15) is 91.8 Å². The van der Waals surface area contributed by atoms with Gasteiger partial charge in [-0.1, -0.05) is 101 Å². The van der Waals surface area contributed by atoms with Gasteiger partial charge in [0, 0.05) is 43.2 Å². The molecule has 3 rings (SSSR count). The van der Waals surface area contributed by atoms with E-state index in [1.807, 2.05) is 61.6 Å². The Morgan fingerprint density at radius 1 is 0.897 bits per heavy atom. The Morgan fingerprint density at radius 2 is 1.49 bits per heavy atom. The van der Waals surface area contributed by atoms with Gasteiger partial charge in [0.15, 0.2) is 5.78 Å². The summed E-state index contributed by atoms with van der Waals surface area (Å²) in [6.07, 6.45) is 3.30. The van der Waals surface area contributed by atoms with E-state index >= 15 is 0 Å². The molecular formula is C35H48IrNO2-. The number of rotatable bonds is 7. The van der Waals surface area contributed by atoms with Crippen molar-refractivity contribution in [3.63, 3.8) is 0 Å². The van der Waals surface area contributed by atoms with Crippen LogP contribution in [0.5, 0.6) is 0 Å². The maximum Gasteiger partial charge on any atom is 0.164 e. The van der Waals surface area contributed by atoms with E-state index in [1.54, 1.807) is 0 Å². The second kappa shape index (κ2) is 13.9. The quantitative estimate of drug-likeness (QED) is 0.151. The molecule has 0 atom stereocenters. The summed E-state index contributed by atoms with van der Waals surface area (Å²) < 4.78 is 0. The van der Waals surface area contributed by atoms with E-state index in [0.717, 1.165) is 16.8 Å². The molecule has 0 aliphatic carbocycles. The van der Waals surface area contributed by atoms with Crippen LogP contribution in [-0.2, 0) is 24.9 Å². The average Bonchev–Trinajstić information content (AvgIpc) is 2.82. The number of aliphatic hydroxyl groups excluding tert-OH is 1. The number of pyridine rings is 1. The number of benzene rings is 2. The van der Waals surface area contributed by atoms with E-state index in [-0.39, 0.29) is 48.9 Å². The minimum atomic E-state index is -0.430. The first-order chi connectivity index (χ1) is 17.5. The number of carbonyl (C=O) groups excluding carboxylic acids is 1. The minimum Gasteiger partial charge on any atom is -0.512 e. The number of ketones is 1. The van der Waals surface area contributed by atoms with Gasteiger partial charge in [0.2, 0.25) is 0 Å². The normalized spacial score (nSPS) is 12.4. The molecule has 0 bridgehead atoms. The van der Waals surface area contributed by atoms with Gasteiger partial charge in [-0.15, -0.1) is 34.9 Å². The molecule has 1 radical (unpaired) electrons. The summed E-state index contributed by atoms with van der Waals surface area (Å²) in [4.78, 5) is 16.8. The Balaban J connectivity index is 0.000000391. The van der Waals surface area contributed by atoms with Crippen molar-refractivity contribution in [3.05, 3.63) is 77.2 Å². The van der Waals surface area contributed by atoms with Crippen LogP contribution in [0.25, 0.3) is 22.0 Å². The molecule has 1 aromatic heterocycles. The molecule has 0 unspecified atom stereocenters. The number of nitrogens with zero attached hydrogens (tertiary/aromatic N) is 1. The molecule has 2 aromatic carbocycles. The summed E-state index contributed by atoms with van der Waals surface area (Å²) >= 11 is 0. The summed E-state index contributed by atoms with van der Waals surface area (Å²) in [5.41, 5.74) is 5.08. The molecule has 0 saturated carbocycles. The largest absolute Gasteiger partial charge is 0.512 e. The number of carbonyl (C=O) groups is 1. The molecule has 0 fully saturated rings. The van der Waals surface area contributed by atoms with Crippen molar-refractivity contribution in [1.82, 2.24) is 4.98 Å². The zero-order chi connectivity index (χ0) is 29.0. The summed E-state index contributed by atoms with van der Waals surface area (Å²) in [5.74, 6) is 1.24. The Morgan fingerprint density at radius 3 is 2.00 bits per heavy atom. The Kier molecular flexibility index (Phi) is 12.3. The van der Waals surface area contributed by atoms with Gasteiger partial charge >= 0.3 is 0 Å². The third-order valence-electron chi connectivity index (χ3n) is 8.31. The van der Waals surface area contributed by atoms with Crippen LogP contribution in [-0.4, -0.2) is 15.9 Å². The van der Waals surface area contributed by atoms with Crippen LogP contribution in [0.2, 0.25) is 0 Å². The molecule has 0 amide bonds. The summed E-state index contributed by atoms with van der Waals surface area (Å²) in [6.45, 7) is 24.5. The maximum absolute atomic E-state index is 12.1. The predicted molar refractivity (Wildman–Crippen MR) is 163 cm³/mol. The van der Waals surface area contributed by atoms with Crippen LogP contribution in [0, 0.1) is 42.6 Å². The zero-order valence-electron chi connectivity index (χ0n) is 26.0. The SMILES string of the molecule is CC(C)C(C)(C)C(=O)/C=C(\O)C(C)(C)C(C)C.Cc1[c-]c(-c2nccc3ccc(C(C)C)cc23)cc(C)c1.[Ir]. The van der Waals surface area contributed by atoms with Gasteiger partial charge in [-0.2, -0.15) is 0 Å². The van der Waals surface area contributed by atoms with Gasteiger partial charge < -0.3 is 10.1 Å². The van der Waals surface area contributed by atoms with Gasteiger partial charge in [0.25, 0.3) is 0 Å². The van der Waals surface area contributed by atoms with Crippen molar-refractivity contribution in [2.75, 3.05) is 0 Å². The number of fused-ring (bicyclic) bond motifs is 1. The van der Waals surface area contributed by atoms with E-state index in [4.69, 9.17) is 0 Å². The number of aliphatic hydroxyl groups is 1. The molecule has 39 heavy (non-hydrogen) atoms. The van der Waals surface area contributed by atoms with E-state index in [9.17, 15) is 9.90 Å². The second-order valence-corrected chi connectivity index (χ2v) is 12.7. The molecule has 1 heterocycles. The molecular weight excluding hydrogens is 659 g/mol. The number of aryl methyl sites for hydroxylation is 2. The monoisotopic (exact) mass is 707 g/mol. The first kappa shape index (κ1) is 34.7. The van der Waals surface area contributed by atoms with Crippen LogP contribution in [0.4, 0.5) is 0 Å². The molecule has 0 saturated heterocycles. The van der Waals surface area contributed by atoms with Crippen LogP contribution in [0.3, 0.4) is 0 Å². The molecule has 1 N–H and O–H groups in total. The van der Waals surface area contributed by atoms with Crippen molar-refractivity contribution in [1.29, 1.82) is 0 Å². The van der Waals surface area contributed by atoms with E-state index in [0.29, 0.717) is 5.92 Å². The third-order valence-corrected chi connectivity index (χ3v) is 8.31. The fraction of sp³-hybridized carbons (Fsp3) is 0.486. The van der Waals surface area contributed by atoms with Crippen LogP contribution >= 0.6 is 0 Å². The molecule has 0 aliphatic heterocycles. The fourth-order valence-electron chi connectivity index (χ4n) is 3.86. The molecule has 0 spiro atoms. The van der Waals surface area contributed by atoms with Crippen molar-refractivity contribution in [2.45, 2.75) is 89.0 Å². The molecule has 4 heteroatoms. The van der Waals surface area contributed by atoms with E-state index in [2.05, 4.69) is 75.1 Å². The van der Waals surface area contributed by atoms with Gasteiger partial charge in [0.05, 0.1) is 0 Å². The molecule has 3 nitrogen and oxygen atoms in total. The van der Waals surface area contributed by atoms with E-state index < -0.39 is 5.41 Å². The van der Waals surface area contributed by atoms with Gasteiger partial charge in [0.1, 0.15) is 5.76 Å². The summed E-state index contributed by atoms with van der Waals surface area (Å²) in [5, 5.41) is 12.5. The van der Waals surface area contributed by atoms with Crippen molar-refractivity contribution in [3.8, 4) is 11.3 Å². The third kappa shape index (κ3) is 8.60. The number of hydrogen-bond donors (Lipinski definition) is 1. The topological polar surface area (TPSA) is 50.2 Å². The standard InChI is InChI=1S/C20H20N.C15H28O2.Ir/c1-13(2)17-6-5-16-7-8-21-20(19(16)12-17)18-10-14(3)9-15(4)11-18;1-10(2)14(5,6)12(16)9-13(17)15(7,8)11(3)4;/h5-10,12-13H,1-4H3;9-11,16H,1-8H3;/q-1;;/b;12-9-;. The maximum atomic E-state index is 12.1. The summed E-state index contributed by atoms with van der Waals surface area (Å²) in [7, 11) is 0. The zero-order valence-corrected chi connectivity index (χ0v) is 28.4. The van der Waals surface area contributed by atoms with Crippen molar-refractivity contribution >= 4 is 16.6 Å². The van der Waals surface area contributed by atoms with E-state index in [1.165, 1.54) is 28.0 Å². The Labute approximate surface area is 250 Å². The fourth-order valence-corrected chi connectivity index (χ4v) is 3.86. The van der Waals surface area contributed by atoms with Gasteiger partial charge in [-0.3, -0.25) is 4.79 Å². The Hall–Kier alpha value is -2.29. The smallest absolute Gasteiger partial charge is 0.164 e. The van der Waals surface area contributed by atoms with Crippen molar-refractivity contribution in [2.24, 2.45) is 22.7 Å². The van der Waals surface area contributed by atoms with Crippen LogP contribution < -0.4 is 0 Å². The first-order valence-corrected chi connectivity index (χ1v) is 13.8. The molecule has 0 aliphatic rings. The van der Waals surface area contributed by atoms with Crippen molar-refractivity contribution < 1.29 is 30.0 Å². The molecule has 3 aromatic rings. The number of aromatic nitrogens is 1. The van der Waals surface area contributed by atoms with Gasteiger partial charge in [-0.25, -0.2) is 0 Å². The first-order valence-electron chi connectivity index (χ1n) is 13.8. The van der Waals surface area contributed by atoms with Crippen LogP contribution in [0.15, 0.2) is 54.4 Å². The minimum absolute atomic E-state index is 0. The summed E-state index contributed by atoms with van der Waals surface area (Å²) in [6, 6.07) is 16.5. The second-order valence-electron chi connectivity index (χ2n) is 12.7. The predicted octanol–water partition coefficient (Wildman–Crippen LogP) is 9.80. The van der Waals surface area contributed by atoms with Gasteiger partial charge in [-0.05, 0) is 45.8 Å². The average molecular weight is 707 g/mol. The number of hydrogen-bond acceptors (Lipinski definition) is 3. The Bertz CT molecular complexity index is 1280.